The number of aliphatic hydroxyl groups excluding tert-OH is 4. The SMILES string of the molecule is CCCCCCCCO[C@H]1O[C@H](COCC(CO)(CO)COS(=O)(=O)[O-])[C@@H](O)[C@H](O)[C@H]1NC(C)=O.[Na+]. The zero-order valence-corrected chi connectivity index (χ0v) is 24.2. The van der Waals surface area contributed by atoms with Crippen molar-refractivity contribution in [2.45, 2.75) is 83.0 Å². The quantitative estimate of drug-likeness (QED) is 0.0474. The van der Waals surface area contributed by atoms with Crippen molar-refractivity contribution in [1.29, 1.82) is 0 Å². The topological polar surface area (TPSA) is 204 Å². The number of nitrogens with one attached hydrogen (secondary N) is 1. The molecule has 208 valence electrons. The molecule has 0 radical (unpaired) electrons. The molecule has 1 aliphatic heterocycles. The number of hydrogen-bond acceptors (Lipinski definition) is 12. The third-order valence-electron chi connectivity index (χ3n) is 5.72. The Morgan fingerprint density at radius 2 is 1.67 bits per heavy atom. The van der Waals surface area contributed by atoms with E-state index in [9.17, 15) is 38.2 Å². The number of carbonyl (C=O) groups excluding carboxylic acids is 1. The Balaban J connectivity index is 0.0000122. The standard InChI is InChI=1S/C21H41NO12S.Na/c1-3-4-5-6-7-8-9-32-20-17(22-15(2)25)19(27)18(26)16(34-20)10-31-13-21(11-23,12-24)14-33-35(28,29)30;/h16-20,23-24,26-27H,3-14H2,1-2H3,(H,22,25)(H,28,29,30);/q;+1/p-1/t16-,17-,18-,19-,20+;/m1./s1. The van der Waals surface area contributed by atoms with Gasteiger partial charge in [0.15, 0.2) is 6.29 Å². The molecular weight excluding hydrogens is 513 g/mol. The van der Waals surface area contributed by atoms with E-state index in [-0.39, 0.29) is 36.2 Å². The van der Waals surface area contributed by atoms with Crippen LogP contribution >= 0.6 is 0 Å². The molecule has 0 spiro atoms. The van der Waals surface area contributed by atoms with E-state index in [0.29, 0.717) is 6.61 Å². The fraction of sp³-hybridized carbons (Fsp3) is 0.952. The van der Waals surface area contributed by atoms with E-state index < -0.39 is 78.8 Å². The van der Waals surface area contributed by atoms with Crippen LogP contribution in [0.3, 0.4) is 0 Å². The smallest absolute Gasteiger partial charge is 0.726 e. The molecule has 1 aliphatic rings. The van der Waals surface area contributed by atoms with Crippen LogP contribution in [-0.2, 0) is 33.6 Å². The Morgan fingerprint density at radius 1 is 1.06 bits per heavy atom. The van der Waals surface area contributed by atoms with Crippen LogP contribution in [0.5, 0.6) is 0 Å². The van der Waals surface area contributed by atoms with Gasteiger partial charge in [0.2, 0.25) is 16.3 Å². The normalized spacial score (nSPS) is 24.8. The second-order valence-corrected chi connectivity index (χ2v) is 9.94. The summed E-state index contributed by atoms with van der Waals surface area (Å²) in [5, 5.41) is 42.7. The number of amides is 1. The summed E-state index contributed by atoms with van der Waals surface area (Å²) in [6, 6.07) is -1.02. The molecule has 0 bridgehead atoms. The summed E-state index contributed by atoms with van der Waals surface area (Å²) >= 11 is 0. The molecule has 0 aromatic rings. The maximum absolute atomic E-state index is 11.6. The van der Waals surface area contributed by atoms with Gasteiger partial charge in [0.1, 0.15) is 24.4 Å². The Bertz CT molecular complexity index is 709. The van der Waals surface area contributed by atoms with Crippen LogP contribution in [0.1, 0.15) is 52.4 Å². The van der Waals surface area contributed by atoms with Gasteiger partial charge in [0.05, 0.1) is 38.4 Å². The molecule has 1 rings (SSSR count). The second kappa shape index (κ2) is 18.4. The Hall–Kier alpha value is 0.0600. The van der Waals surface area contributed by atoms with Gasteiger partial charge in [0, 0.05) is 13.5 Å². The van der Waals surface area contributed by atoms with Crippen molar-refractivity contribution in [2.75, 3.05) is 39.6 Å². The summed E-state index contributed by atoms with van der Waals surface area (Å²) in [7, 11) is -5.06. The van der Waals surface area contributed by atoms with Gasteiger partial charge in [-0.05, 0) is 6.42 Å². The van der Waals surface area contributed by atoms with Crippen molar-refractivity contribution >= 4 is 16.3 Å². The minimum atomic E-state index is -5.06. The first-order chi connectivity index (χ1) is 16.5. The predicted octanol–water partition coefficient (Wildman–Crippen LogP) is -4.22. The molecule has 36 heavy (non-hydrogen) atoms. The molecule has 0 saturated carbocycles. The van der Waals surface area contributed by atoms with Crippen molar-refractivity contribution in [3.8, 4) is 0 Å². The molecule has 1 heterocycles. The average molecular weight is 554 g/mol. The molecule has 1 saturated heterocycles. The molecule has 0 unspecified atom stereocenters. The molecule has 0 aromatic carbocycles. The third-order valence-corrected chi connectivity index (χ3v) is 6.13. The zero-order chi connectivity index (χ0) is 26.5. The average Bonchev–Trinajstić information content (AvgIpc) is 2.80. The summed E-state index contributed by atoms with van der Waals surface area (Å²) in [5.74, 6) is -0.447. The van der Waals surface area contributed by atoms with Gasteiger partial charge >= 0.3 is 29.6 Å². The first-order valence-electron chi connectivity index (χ1n) is 11.8. The number of ether oxygens (including phenoxy) is 3. The van der Waals surface area contributed by atoms with Gasteiger partial charge in [-0.2, -0.15) is 0 Å². The third kappa shape index (κ3) is 13.2. The summed E-state index contributed by atoms with van der Waals surface area (Å²) in [4.78, 5) is 11.6. The van der Waals surface area contributed by atoms with Crippen LogP contribution in [0.15, 0.2) is 0 Å². The molecule has 0 aromatic heterocycles. The van der Waals surface area contributed by atoms with Crippen molar-refractivity contribution in [3.63, 3.8) is 0 Å². The van der Waals surface area contributed by atoms with E-state index in [1.807, 2.05) is 0 Å². The number of carbonyl (C=O) groups is 1. The van der Waals surface area contributed by atoms with Crippen molar-refractivity contribution in [3.05, 3.63) is 0 Å². The number of rotatable bonds is 18. The summed E-state index contributed by atoms with van der Waals surface area (Å²) in [6.45, 7) is 0.565. The molecule has 13 nitrogen and oxygen atoms in total. The molecule has 1 fully saturated rings. The van der Waals surface area contributed by atoms with Crippen LogP contribution in [0.2, 0.25) is 0 Å². The number of hydrogen-bond donors (Lipinski definition) is 5. The van der Waals surface area contributed by atoms with E-state index in [0.717, 1.165) is 38.5 Å². The molecule has 1 amide bonds. The van der Waals surface area contributed by atoms with Gasteiger partial charge < -0.3 is 44.5 Å². The van der Waals surface area contributed by atoms with E-state index in [4.69, 9.17) is 14.2 Å². The second-order valence-electron chi connectivity index (χ2n) is 8.89. The van der Waals surface area contributed by atoms with E-state index >= 15 is 0 Å². The fourth-order valence-electron chi connectivity index (χ4n) is 3.54. The van der Waals surface area contributed by atoms with Crippen LogP contribution in [-0.4, -0.2) is 110 Å². The molecule has 5 atom stereocenters. The van der Waals surface area contributed by atoms with E-state index in [2.05, 4.69) is 16.4 Å². The Labute approximate surface area is 235 Å². The van der Waals surface area contributed by atoms with Crippen LogP contribution in [0, 0.1) is 5.41 Å². The fourth-order valence-corrected chi connectivity index (χ4v) is 3.94. The van der Waals surface area contributed by atoms with Crippen LogP contribution in [0.25, 0.3) is 0 Å². The van der Waals surface area contributed by atoms with Crippen molar-refractivity contribution in [1.82, 2.24) is 5.32 Å². The summed E-state index contributed by atoms with van der Waals surface area (Å²) < 4.78 is 53.2. The first-order valence-corrected chi connectivity index (χ1v) is 13.1. The number of aliphatic hydroxyl groups is 4. The molecule has 0 aliphatic carbocycles. The van der Waals surface area contributed by atoms with Gasteiger partial charge in [-0.1, -0.05) is 39.0 Å². The minimum Gasteiger partial charge on any atom is -0.726 e. The van der Waals surface area contributed by atoms with E-state index in [1.165, 1.54) is 6.92 Å². The summed E-state index contributed by atoms with van der Waals surface area (Å²) in [6.07, 6.45) is 1.08. The van der Waals surface area contributed by atoms with Crippen LogP contribution < -0.4 is 34.9 Å². The predicted molar refractivity (Wildman–Crippen MR) is 121 cm³/mol. The first kappa shape index (κ1) is 36.1. The van der Waals surface area contributed by atoms with Gasteiger partial charge in [-0.15, -0.1) is 0 Å². The summed E-state index contributed by atoms with van der Waals surface area (Å²) in [5.41, 5.74) is -1.61. The monoisotopic (exact) mass is 553 g/mol. The van der Waals surface area contributed by atoms with E-state index in [1.54, 1.807) is 0 Å². The van der Waals surface area contributed by atoms with Gasteiger partial charge in [0.25, 0.3) is 0 Å². The maximum Gasteiger partial charge on any atom is 1.00 e. The largest absolute Gasteiger partial charge is 1.00 e. The zero-order valence-electron chi connectivity index (χ0n) is 21.3. The van der Waals surface area contributed by atoms with Crippen molar-refractivity contribution in [2.24, 2.45) is 5.41 Å². The van der Waals surface area contributed by atoms with Crippen LogP contribution in [0.4, 0.5) is 0 Å². The number of unbranched alkanes of at least 4 members (excludes halogenated alkanes) is 5. The Morgan fingerprint density at radius 3 is 2.22 bits per heavy atom. The molecular formula is C21H40NNaO12S. The maximum atomic E-state index is 11.6. The molecule has 5 N–H and O–H groups in total. The van der Waals surface area contributed by atoms with Gasteiger partial charge in [-0.25, -0.2) is 8.42 Å². The Kier molecular flexibility index (Phi) is 18.4. The van der Waals surface area contributed by atoms with Gasteiger partial charge in [-0.3, -0.25) is 8.98 Å². The molecule has 15 heteroatoms. The minimum absolute atomic E-state index is 0. The van der Waals surface area contributed by atoms with Crippen molar-refractivity contribution < 1.29 is 86.1 Å².